The molecule has 0 radical (unpaired) electrons. The van der Waals surface area contributed by atoms with E-state index >= 15 is 0 Å². The van der Waals surface area contributed by atoms with Gasteiger partial charge in [-0.05, 0) is 116 Å². The molecule has 0 amide bonds. The van der Waals surface area contributed by atoms with Crippen LogP contribution in [0.2, 0.25) is 0 Å². The maximum Gasteiger partial charge on any atom is 0.122 e. The lowest BCUT2D eigenvalue weighted by molar-refractivity contribution is -0.0147. The molecule has 0 bridgehead atoms. The van der Waals surface area contributed by atoms with Gasteiger partial charge >= 0.3 is 0 Å². The van der Waals surface area contributed by atoms with Crippen molar-refractivity contribution in [3.8, 4) is 0 Å². The summed E-state index contributed by atoms with van der Waals surface area (Å²) in [6.45, 7) is 17.5. The van der Waals surface area contributed by atoms with Gasteiger partial charge in [0, 0.05) is 5.92 Å². The molecule has 3 atom stereocenters. The Labute approximate surface area is 198 Å². The van der Waals surface area contributed by atoms with Crippen molar-refractivity contribution in [2.75, 3.05) is 0 Å². The summed E-state index contributed by atoms with van der Waals surface area (Å²) in [4.78, 5) is 0. The first-order valence-electron chi connectivity index (χ1n) is 12.8. The van der Waals surface area contributed by atoms with E-state index in [0.29, 0.717) is 0 Å². The third-order valence-electron chi connectivity index (χ3n) is 7.46. The molecule has 1 N–H and O–H groups in total. The lowest BCUT2D eigenvalue weighted by Crippen LogP contribution is -2.37. The molecule has 3 unspecified atom stereocenters. The van der Waals surface area contributed by atoms with Gasteiger partial charge in [0.15, 0.2) is 0 Å². The monoisotopic (exact) mass is 440 g/mol. The molecule has 1 fully saturated rings. The number of fused-ring (bicyclic) bond motifs is 1. The van der Waals surface area contributed by atoms with Crippen molar-refractivity contribution in [3.63, 3.8) is 0 Å². The highest BCUT2D eigenvalue weighted by Crippen LogP contribution is 2.46. The van der Waals surface area contributed by atoms with Crippen LogP contribution < -0.4 is 0 Å². The van der Waals surface area contributed by atoms with Gasteiger partial charge in [-0.25, -0.2) is 0 Å². The SMILES string of the molecule is CCC1=C2CCC(C)(CC/C=C(\C)CC/C=C(\C)CCC=C(C)C)OC2=C(C)C(C)C1O. The number of hydrogen-bond acceptors (Lipinski definition) is 2. The van der Waals surface area contributed by atoms with E-state index in [1.54, 1.807) is 0 Å². The normalized spacial score (nSPS) is 26.8. The van der Waals surface area contributed by atoms with Gasteiger partial charge in [0.25, 0.3) is 0 Å². The third-order valence-corrected chi connectivity index (χ3v) is 7.46. The maximum atomic E-state index is 10.7. The average molecular weight is 441 g/mol. The number of aliphatic hydroxyl groups is 1. The summed E-state index contributed by atoms with van der Waals surface area (Å²) in [5.74, 6) is 1.23. The smallest absolute Gasteiger partial charge is 0.122 e. The Morgan fingerprint density at radius 3 is 2.22 bits per heavy atom. The van der Waals surface area contributed by atoms with Crippen LogP contribution in [-0.4, -0.2) is 16.8 Å². The standard InChI is InChI=1S/C30H48O2/c1-9-26-27-18-20-30(8,32-29(27)25(7)24(6)28(26)31)19-12-17-23(5)16-11-15-22(4)14-10-13-21(2)3/h13,15,17,24,28,31H,9-12,14,16,18-20H2,1-8H3/b22-15+,23-17+. The second-order valence-corrected chi connectivity index (χ2v) is 10.7. The van der Waals surface area contributed by atoms with E-state index in [9.17, 15) is 5.11 Å². The second-order valence-electron chi connectivity index (χ2n) is 10.7. The molecule has 0 aromatic heterocycles. The number of aliphatic hydroxyl groups excluding tert-OH is 1. The molecule has 32 heavy (non-hydrogen) atoms. The quantitative estimate of drug-likeness (QED) is 0.344. The van der Waals surface area contributed by atoms with Crippen molar-refractivity contribution in [2.45, 2.75) is 125 Å². The molecule has 1 aliphatic carbocycles. The van der Waals surface area contributed by atoms with Gasteiger partial charge in [-0.15, -0.1) is 0 Å². The predicted molar refractivity (Wildman–Crippen MR) is 139 cm³/mol. The largest absolute Gasteiger partial charge is 0.487 e. The summed E-state index contributed by atoms with van der Waals surface area (Å²) in [7, 11) is 0. The minimum atomic E-state index is -0.345. The molecule has 0 saturated carbocycles. The molecule has 2 heteroatoms. The zero-order valence-corrected chi connectivity index (χ0v) is 22.1. The van der Waals surface area contributed by atoms with E-state index in [0.717, 1.165) is 57.1 Å². The van der Waals surface area contributed by atoms with Crippen molar-refractivity contribution in [1.29, 1.82) is 0 Å². The lowest BCUT2D eigenvalue weighted by Gasteiger charge is -2.43. The summed E-state index contributed by atoms with van der Waals surface area (Å²) in [5, 5.41) is 10.7. The first-order valence-corrected chi connectivity index (χ1v) is 12.8. The molecule has 1 saturated heterocycles. The van der Waals surface area contributed by atoms with Crippen LogP contribution in [0.15, 0.2) is 57.4 Å². The van der Waals surface area contributed by atoms with Crippen molar-refractivity contribution >= 4 is 0 Å². The summed E-state index contributed by atoms with van der Waals surface area (Å²) in [6.07, 6.45) is 16.5. The Hall–Kier alpha value is -1.54. The summed E-state index contributed by atoms with van der Waals surface area (Å²) < 4.78 is 6.66. The van der Waals surface area contributed by atoms with E-state index in [1.165, 1.54) is 39.9 Å². The molecule has 1 aliphatic heterocycles. The molecule has 2 aliphatic rings. The molecular formula is C30H48O2. The van der Waals surface area contributed by atoms with Gasteiger partial charge in [-0.2, -0.15) is 0 Å². The molecule has 2 rings (SSSR count). The first-order chi connectivity index (χ1) is 15.1. The predicted octanol–water partition coefficient (Wildman–Crippen LogP) is 8.75. The molecule has 0 spiro atoms. The Bertz CT molecular complexity index is 801. The third kappa shape index (κ3) is 7.24. The van der Waals surface area contributed by atoms with Gasteiger partial charge in [0.05, 0.1) is 6.10 Å². The van der Waals surface area contributed by atoms with E-state index in [-0.39, 0.29) is 17.6 Å². The van der Waals surface area contributed by atoms with Gasteiger partial charge in [0.2, 0.25) is 0 Å². The van der Waals surface area contributed by atoms with Gasteiger partial charge in [0.1, 0.15) is 11.4 Å². The summed E-state index contributed by atoms with van der Waals surface area (Å²) in [5.41, 5.74) is 7.98. The van der Waals surface area contributed by atoms with Crippen LogP contribution in [0.25, 0.3) is 0 Å². The molecular weight excluding hydrogens is 392 g/mol. The van der Waals surface area contributed by atoms with E-state index < -0.39 is 0 Å². The van der Waals surface area contributed by atoms with Crippen LogP contribution >= 0.6 is 0 Å². The first kappa shape index (κ1) is 26.7. The van der Waals surface area contributed by atoms with Crippen LogP contribution in [-0.2, 0) is 4.74 Å². The van der Waals surface area contributed by atoms with Crippen molar-refractivity contribution < 1.29 is 9.84 Å². The van der Waals surface area contributed by atoms with Gasteiger partial charge < -0.3 is 9.84 Å². The number of hydrogen-bond donors (Lipinski definition) is 1. The highest BCUT2D eigenvalue weighted by atomic mass is 16.5. The Balaban J connectivity index is 1.88. The van der Waals surface area contributed by atoms with E-state index in [4.69, 9.17) is 4.74 Å². The highest BCUT2D eigenvalue weighted by molar-refractivity contribution is 5.43. The molecule has 2 nitrogen and oxygen atoms in total. The van der Waals surface area contributed by atoms with Crippen LogP contribution in [0.5, 0.6) is 0 Å². The van der Waals surface area contributed by atoms with Crippen LogP contribution in [0.1, 0.15) is 113 Å². The van der Waals surface area contributed by atoms with Gasteiger partial charge in [-0.1, -0.05) is 48.8 Å². The average Bonchev–Trinajstić information content (AvgIpc) is 2.73. The van der Waals surface area contributed by atoms with Gasteiger partial charge in [-0.3, -0.25) is 0 Å². The number of allylic oxidation sites excluding steroid dienone is 7. The fourth-order valence-electron chi connectivity index (χ4n) is 4.97. The molecule has 1 heterocycles. The van der Waals surface area contributed by atoms with E-state index in [2.05, 4.69) is 73.6 Å². The Kier molecular flexibility index (Phi) is 10.1. The number of ether oxygens (including phenoxy) is 1. The highest BCUT2D eigenvalue weighted by Gasteiger charge is 2.39. The Morgan fingerprint density at radius 1 is 1.03 bits per heavy atom. The van der Waals surface area contributed by atoms with E-state index in [1.807, 2.05) is 0 Å². The zero-order valence-electron chi connectivity index (χ0n) is 22.1. The molecule has 180 valence electrons. The fraction of sp³-hybridized carbons (Fsp3) is 0.667. The number of rotatable bonds is 10. The topological polar surface area (TPSA) is 29.5 Å². The van der Waals surface area contributed by atoms with Crippen LogP contribution in [0.3, 0.4) is 0 Å². The zero-order chi connectivity index (χ0) is 23.9. The minimum absolute atomic E-state index is 0.112. The van der Waals surface area contributed by atoms with Crippen LogP contribution in [0, 0.1) is 5.92 Å². The van der Waals surface area contributed by atoms with Crippen molar-refractivity contribution in [1.82, 2.24) is 0 Å². The summed E-state index contributed by atoms with van der Waals surface area (Å²) >= 11 is 0. The van der Waals surface area contributed by atoms with Crippen molar-refractivity contribution in [3.05, 3.63) is 57.4 Å². The minimum Gasteiger partial charge on any atom is -0.487 e. The lowest BCUT2D eigenvalue weighted by atomic mass is 9.76. The Morgan fingerprint density at radius 2 is 1.62 bits per heavy atom. The van der Waals surface area contributed by atoms with Crippen molar-refractivity contribution in [2.24, 2.45) is 5.92 Å². The second kappa shape index (κ2) is 12.1. The summed E-state index contributed by atoms with van der Waals surface area (Å²) in [6, 6.07) is 0. The van der Waals surface area contributed by atoms with Crippen LogP contribution in [0.4, 0.5) is 0 Å². The molecule has 0 aromatic carbocycles. The maximum absolute atomic E-state index is 10.7. The fourth-order valence-corrected chi connectivity index (χ4v) is 4.97. The molecule has 0 aromatic rings.